The highest BCUT2D eigenvalue weighted by Crippen LogP contribution is 2.32. The highest BCUT2D eigenvalue weighted by atomic mass is 32.2. The first kappa shape index (κ1) is 20.8. The number of sulfonamides is 1. The maximum atomic E-state index is 13.1. The molecular weight excluding hydrogens is 404 g/mol. The van der Waals surface area contributed by atoms with Crippen molar-refractivity contribution in [3.63, 3.8) is 0 Å². The van der Waals surface area contributed by atoms with Gasteiger partial charge in [0, 0.05) is 38.5 Å². The summed E-state index contributed by atoms with van der Waals surface area (Å²) < 4.78 is 38.9. The highest BCUT2D eigenvalue weighted by Gasteiger charge is 2.41. The summed E-state index contributed by atoms with van der Waals surface area (Å²) >= 11 is 0. The zero-order valence-corrected chi connectivity index (χ0v) is 18.0. The molecule has 0 aromatic heterocycles. The Kier molecular flexibility index (Phi) is 5.57. The van der Waals surface area contributed by atoms with E-state index >= 15 is 0 Å². The number of benzene rings is 2. The van der Waals surface area contributed by atoms with Gasteiger partial charge in [-0.25, -0.2) is 8.42 Å². The molecule has 160 valence electrons. The first-order valence-corrected chi connectivity index (χ1v) is 11.5. The van der Waals surface area contributed by atoms with Gasteiger partial charge in [-0.15, -0.1) is 0 Å². The van der Waals surface area contributed by atoms with E-state index in [1.165, 1.54) is 23.5 Å². The Morgan fingerprint density at radius 2 is 1.67 bits per heavy atom. The standard InChI is InChI=1S/C22H26N2O5S/c1-17-6-8-19(9-7-17)23(2)30(26,27)20-5-3-4-18(16-20)21(25)24-12-10-22(11-13-24)28-14-15-29-22/h3-9,16H,10-15H2,1-2H3. The Morgan fingerprint density at radius 3 is 2.30 bits per heavy atom. The van der Waals surface area contributed by atoms with Crippen LogP contribution in [-0.4, -0.2) is 58.4 Å². The molecule has 0 saturated carbocycles. The van der Waals surface area contributed by atoms with Crippen LogP contribution in [0.4, 0.5) is 5.69 Å². The van der Waals surface area contributed by atoms with Gasteiger partial charge in [-0.1, -0.05) is 23.8 Å². The van der Waals surface area contributed by atoms with Crippen molar-refractivity contribution in [2.75, 3.05) is 37.7 Å². The van der Waals surface area contributed by atoms with Crippen molar-refractivity contribution < 1.29 is 22.7 Å². The van der Waals surface area contributed by atoms with Gasteiger partial charge < -0.3 is 14.4 Å². The number of likely N-dealkylation sites (tertiary alicyclic amines) is 1. The molecule has 30 heavy (non-hydrogen) atoms. The molecule has 8 heteroatoms. The molecule has 0 aliphatic carbocycles. The second kappa shape index (κ2) is 8.02. The summed E-state index contributed by atoms with van der Waals surface area (Å²) in [6, 6.07) is 13.5. The minimum Gasteiger partial charge on any atom is -0.347 e. The number of hydrogen-bond acceptors (Lipinski definition) is 5. The molecule has 2 aromatic carbocycles. The molecule has 2 aliphatic rings. The number of carbonyl (C=O) groups excluding carboxylic acids is 1. The highest BCUT2D eigenvalue weighted by molar-refractivity contribution is 7.92. The van der Waals surface area contributed by atoms with Crippen molar-refractivity contribution >= 4 is 21.6 Å². The number of ether oxygens (including phenoxy) is 2. The van der Waals surface area contributed by atoms with Crippen LogP contribution in [0.2, 0.25) is 0 Å². The fraction of sp³-hybridized carbons (Fsp3) is 0.409. The molecule has 2 heterocycles. The van der Waals surface area contributed by atoms with E-state index in [1.807, 2.05) is 19.1 Å². The van der Waals surface area contributed by atoms with Crippen LogP contribution in [0.5, 0.6) is 0 Å². The van der Waals surface area contributed by atoms with Gasteiger partial charge >= 0.3 is 0 Å². The van der Waals surface area contributed by atoms with Gasteiger partial charge in [-0.3, -0.25) is 9.10 Å². The lowest BCUT2D eigenvalue weighted by Gasteiger charge is -2.37. The topological polar surface area (TPSA) is 76.2 Å². The largest absolute Gasteiger partial charge is 0.347 e. The SMILES string of the molecule is Cc1ccc(N(C)S(=O)(=O)c2cccc(C(=O)N3CCC4(CC3)OCCO4)c2)cc1. The van der Waals surface area contributed by atoms with Crippen molar-refractivity contribution in [2.45, 2.75) is 30.4 Å². The minimum atomic E-state index is -3.79. The van der Waals surface area contributed by atoms with Crippen LogP contribution in [0.25, 0.3) is 0 Å². The predicted octanol–water partition coefficient (Wildman–Crippen LogP) is 2.80. The number of anilines is 1. The van der Waals surface area contributed by atoms with Crippen LogP contribution in [0, 0.1) is 6.92 Å². The molecule has 0 radical (unpaired) electrons. The zero-order chi connectivity index (χ0) is 21.4. The average Bonchev–Trinajstić information content (AvgIpc) is 3.22. The average molecular weight is 431 g/mol. The molecule has 2 aromatic rings. The maximum Gasteiger partial charge on any atom is 0.264 e. The number of hydrogen-bond donors (Lipinski definition) is 0. The van der Waals surface area contributed by atoms with Crippen LogP contribution in [-0.2, 0) is 19.5 Å². The van der Waals surface area contributed by atoms with Crippen molar-refractivity contribution in [2.24, 2.45) is 0 Å². The van der Waals surface area contributed by atoms with Gasteiger partial charge in [0.05, 0.1) is 23.8 Å². The van der Waals surface area contributed by atoms with Crippen LogP contribution >= 0.6 is 0 Å². The van der Waals surface area contributed by atoms with E-state index < -0.39 is 15.8 Å². The van der Waals surface area contributed by atoms with Crippen molar-refractivity contribution in [3.8, 4) is 0 Å². The number of amides is 1. The van der Waals surface area contributed by atoms with Gasteiger partial charge in [0.2, 0.25) is 0 Å². The summed E-state index contributed by atoms with van der Waals surface area (Å²) in [4.78, 5) is 14.8. The molecule has 0 atom stereocenters. The van der Waals surface area contributed by atoms with E-state index in [1.54, 1.807) is 29.2 Å². The van der Waals surface area contributed by atoms with Crippen LogP contribution in [0.3, 0.4) is 0 Å². The Labute approximate surface area is 177 Å². The number of carbonyl (C=O) groups is 1. The third kappa shape index (κ3) is 3.95. The summed E-state index contributed by atoms with van der Waals surface area (Å²) in [5.74, 6) is -0.739. The predicted molar refractivity (Wildman–Crippen MR) is 113 cm³/mol. The molecule has 2 fully saturated rings. The summed E-state index contributed by atoms with van der Waals surface area (Å²) in [7, 11) is -2.27. The number of aryl methyl sites for hydroxylation is 1. The van der Waals surface area contributed by atoms with Crippen LogP contribution in [0.15, 0.2) is 53.4 Å². The first-order chi connectivity index (χ1) is 14.3. The van der Waals surface area contributed by atoms with E-state index in [4.69, 9.17) is 9.47 Å². The third-order valence-corrected chi connectivity index (χ3v) is 7.54. The van der Waals surface area contributed by atoms with E-state index in [0.717, 1.165) is 5.56 Å². The Bertz CT molecular complexity index is 1020. The summed E-state index contributed by atoms with van der Waals surface area (Å²) in [6.45, 7) is 4.14. The summed E-state index contributed by atoms with van der Waals surface area (Å²) in [6.07, 6.45) is 1.24. The van der Waals surface area contributed by atoms with E-state index in [2.05, 4.69) is 0 Å². The lowest BCUT2D eigenvalue weighted by Crippen LogP contribution is -2.47. The second-order valence-corrected chi connectivity index (χ2v) is 9.70. The van der Waals surface area contributed by atoms with Crippen molar-refractivity contribution in [1.29, 1.82) is 0 Å². The molecule has 0 unspecified atom stereocenters. The molecule has 1 amide bonds. The summed E-state index contributed by atoms with van der Waals surface area (Å²) in [5.41, 5.74) is 1.97. The molecule has 1 spiro atoms. The fourth-order valence-electron chi connectivity index (χ4n) is 3.86. The van der Waals surface area contributed by atoms with Crippen molar-refractivity contribution in [3.05, 3.63) is 59.7 Å². The number of nitrogens with zero attached hydrogens (tertiary/aromatic N) is 2. The lowest BCUT2D eigenvalue weighted by molar-refractivity contribution is -0.181. The lowest BCUT2D eigenvalue weighted by atomic mass is 10.0. The summed E-state index contributed by atoms with van der Waals surface area (Å²) in [5, 5.41) is 0. The number of rotatable bonds is 4. The molecule has 7 nitrogen and oxygen atoms in total. The van der Waals surface area contributed by atoms with Gasteiger partial charge in [0.1, 0.15) is 0 Å². The molecule has 0 N–H and O–H groups in total. The Hall–Kier alpha value is -2.42. The van der Waals surface area contributed by atoms with E-state index in [-0.39, 0.29) is 10.8 Å². The second-order valence-electron chi connectivity index (χ2n) is 7.74. The van der Waals surface area contributed by atoms with Crippen LogP contribution in [0.1, 0.15) is 28.8 Å². The number of piperidine rings is 1. The molecule has 0 bridgehead atoms. The molecular formula is C22H26N2O5S. The minimum absolute atomic E-state index is 0.0902. The van der Waals surface area contributed by atoms with Gasteiger partial charge in [-0.2, -0.15) is 0 Å². The smallest absolute Gasteiger partial charge is 0.264 e. The van der Waals surface area contributed by atoms with Crippen molar-refractivity contribution in [1.82, 2.24) is 4.90 Å². The zero-order valence-electron chi connectivity index (χ0n) is 17.2. The normalized spacial score (nSPS) is 18.5. The Morgan fingerprint density at radius 1 is 1.03 bits per heavy atom. The monoisotopic (exact) mass is 430 g/mol. The van der Waals surface area contributed by atoms with E-state index in [0.29, 0.717) is 50.4 Å². The maximum absolute atomic E-state index is 13.1. The Balaban J connectivity index is 1.52. The van der Waals surface area contributed by atoms with Gasteiger partial charge in [-0.05, 0) is 37.3 Å². The van der Waals surface area contributed by atoms with Gasteiger partial charge in [0.25, 0.3) is 15.9 Å². The van der Waals surface area contributed by atoms with Crippen LogP contribution < -0.4 is 4.31 Å². The molecule has 2 aliphatic heterocycles. The third-order valence-electron chi connectivity index (χ3n) is 5.76. The molecule has 4 rings (SSSR count). The van der Waals surface area contributed by atoms with Gasteiger partial charge in [0.15, 0.2) is 5.79 Å². The first-order valence-electron chi connectivity index (χ1n) is 10.0. The fourth-order valence-corrected chi connectivity index (χ4v) is 5.10. The quantitative estimate of drug-likeness (QED) is 0.746. The van der Waals surface area contributed by atoms with E-state index in [9.17, 15) is 13.2 Å². The molecule has 2 saturated heterocycles.